The zero-order chi connectivity index (χ0) is 16.0. The van der Waals surface area contributed by atoms with Crippen molar-refractivity contribution < 1.29 is 8.42 Å². The topological polar surface area (TPSA) is 58.2 Å². The first kappa shape index (κ1) is 18.5. The number of hydrogen-bond donors (Lipinski definition) is 2. The van der Waals surface area contributed by atoms with Gasteiger partial charge >= 0.3 is 0 Å². The second-order valence-corrected chi connectivity index (χ2v) is 8.21. The van der Waals surface area contributed by atoms with Gasteiger partial charge in [-0.3, -0.25) is 0 Å². The monoisotopic (exact) mass is 330 g/mol. The first-order chi connectivity index (χ1) is 9.76. The molecule has 1 aromatic rings. The lowest BCUT2D eigenvalue weighted by molar-refractivity contribution is 0.569. The van der Waals surface area contributed by atoms with Crippen LogP contribution in [0.15, 0.2) is 23.1 Å². The summed E-state index contributed by atoms with van der Waals surface area (Å²) in [5, 5.41) is 3.30. The van der Waals surface area contributed by atoms with Crippen LogP contribution >= 0.6 is 11.8 Å². The molecule has 1 rings (SSSR count). The molecule has 21 heavy (non-hydrogen) atoms. The predicted octanol–water partition coefficient (Wildman–Crippen LogP) is 2.52. The molecule has 0 aliphatic rings. The number of nitrogens with one attached hydrogen (secondary N) is 2. The summed E-state index contributed by atoms with van der Waals surface area (Å²) in [5.74, 6) is 0.757. The molecule has 0 amide bonds. The van der Waals surface area contributed by atoms with Crippen molar-refractivity contribution in [1.82, 2.24) is 10.0 Å². The van der Waals surface area contributed by atoms with Gasteiger partial charge < -0.3 is 5.32 Å². The van der Waals surface area contributed by atoms with Gasteiger partial charge in [0.1, 0.15) is 0 Å². The largest absolute Gasteiger partial charge is 0.310 e. The molecular formula is C15H26N2O2S2. The molecule has 0 aliphatic heterocycles. The average Bonchev–Trinajstić information content (AvgIpc) is 2.37. The molecule has 0 aromatic heterocycles. The van der Waals surface area contributed by atoms with E-state index in [0.717, 1.165) is 16.9 Å². The van der Waals surface area contributed by atoms with Crippen LogP contribution in [-0.4, -0.2) is 32.5 Å². The molecule has 0 radical (unpaired) electrons. The lowest BCUT2D eigenvalue weighted by Crippen LogP contribution is -2.34. The van der Waals surface area contributed by atoms with Crippen molar-refractivity contribution >= 4 is 21.8 Å². The molecule has 0 spiro atoms. The van der Waals surface area contributed by atoms with Gasteiger partial charge in [0.05, 0.1) is 4.90 Å². The van der Waals surface area contributed by atoms with Crippen molar-refractivity contribution in [3.63, 3.8) is 0 Å². The third-order valence-electron chi connectivity index (χ3n) is 3.03. The minimum Gasteiger partial charge on any atom is -0.310 e. The molecule has 2 N–H and O–H groups in total. The van der Waals surface area contributed by atoms with Gasteiger partial charge in [-0.2, -0.15) is 11.8 Å². The maximum atomic E-state index is 12.5. The van der Waals surface area contributed by atoms with Crippen molar-refractivity contribution in [3.8, 4) is 0 Å². The molecule has 0 saturated heterocycles. The van der Waals surface area contributed by atoms with Crippen LogP contribution in [0.3, 0.4) is 0 Å². The first-order valence-electron chi connectivity index (χ1n) is 7.10. The lowest BCUT2D eigenvalue weighted by Gasteiger charge is -2.16. The zero-order valence-electron chi connectivity index (χ0n) is 13.4. The van der Waals surface area contributed by atoms with Gasteiger partial charge in [0.2, 0.25) is 10.0 Å². The van der Waals surface area contributed by atoms with Gasteiger partial charge in [-0.25, -0.2) is 13.1 Å². The Kier molecular flexibility index (Phi) is 7.20. The number of hydrogen-bond acceptors (Lipinski definition) is 4. The highest BCUT2D eigenvalue weighted by Crippen LogP contribution is 2.18. The van der Waals surface area contributed by atoms with Crippen LogP contribution in [0.25, 0.3) is 0 Å². The van der Waals surface area contributed by atoms with E-state index in [-0.39, 0.29) is 6.04 Å². The highest BCUT2D eigenvalue weighted by atomic mass is 32.2. The smallest absolute Gasteiger partial charge is 0.241 e. The van der Waals surface area contributed by atoms with Crippen LogP contribution in [0.1, 0.15) is 31.9 Å². The SMILES string of the molecule is CSCC(C)NS(=O)(=O)c1cc(CNC(C)C)ccc1C. The number of aryl methyl sites for hydroxylation is 1. The lowest BCUT2D eigenvalue weighted by atomic mass is 10.1. The molecular weight excluding hydrogens is 304 g/mol. The third kappa shape index (κ3) is 5.98. The quantitative estimate of drug-likeness (QED) is 0.769. The summed E-state index contributed by atoms with van der Waals surface area (Å²) >= 11 is 1.63. The number of benzene rings is 1. The first-order valence-corrected chi connectivity index (χ1v) is 9.98. The maximum absolute atomic E-state index is 12.5. The summed E-state index contributed by atoms with van der Waals surface area (Å²) in [7, 11) is -3.46. The minimum absolute atomic E-state index is 0.0816. The molecule has 0 heterocycles. The van der Waals surface area contributed by atoms with Crippen LogP contribution in [0.4, 0.5) is 0 Å². The molecule has 120 valence electrons. The van der Waals surface area contributed by atoms with Gasteiger partial charge in [0.25, 0.3) is 0 Å². The fourth-order valence-electron chi connectivity index (χ4n) is 1.98. The molecule has 0 fully saturated rings. The second kappa shape index (κ2) is 8.17. The molecule has 1 unspecified atom stereocenters. The van der Waals surface area contributed by atoms with Crippen molar-refractivity contribution in [2.45, 2.75) is 51.2 Å². The Morgan fingerprint density at radius 3 is 2.48 bits per heavy atom. The van der Waals surface area contributed by atoms with Crippen LogP contribution < -0.4 is 10.0 Å². The van der Waals surface area contributed by atoms with Gasteiger partial charge in [-0.15, -0.1) is 0 Å². The van der Waals surface area contributed by atoms with E-state index < -0.39 is 10.0 Å². The zero-order valence-corrected chi connectivity index (χ0v) is 15.1. The Labute approximate surface area is 133 Å². The number of rotatable bonds is 8. The summed E-state index contributed by atoms with van der Waals surface area (Å²) in [6.45, 7) is 8.51. The van der Waals surface area contributed by atoms with E-state index in [1.807, 2.05) is 32.2 Å². The van der Waals surface area contributed by atoms with Crippen LogP contribution in [0.5, 0.6) is 0 Å². The van der Waals surface area contributed by atoms with Gasteiger partial charge in [0, 0.05) is 24.4 Å². The highest BCUT2D eigenvalue weighted by molar-refractivity contribution is 7.98. The fraction of sp³-hybridized carbons (Fsp3) is 0.600. The molecule has 1 atom stereocenters. The maximum Gasteiger partial charge on any atom is 0.241 e. The minimum atomic E-state index is -3.46. The Hall–Kier alpha value is -0.560. The van der Waals surface area contributed by atoms with E-state index >= 15 is 0 Å². The molecule has 0 bridgehead atoms. The van der Waals surface area contributed by atoms with Crippen LogP contribution in [0, 0.1) is 6.92 Å². The van der Waals surface area contributed by atoms with Gasteiger partial charge in [-0.1, -0.05) is 26.0 Å². The molecule has 0 aliphatic carbocycles. The van der Waals surface area contributed by atoms with E-state index in [2.05, 4.69) is 23.9 Å². The Morgan fingerprint density at radius 2 is 1.90 bits per heavy atom. The van der Waals surface area contributed by atoms with Crippen LogP contribution in [-0.2, 0) is 16.6 Å². The summed E-state index contributed by atoms with van der Waals surface area (Å²) in [6.07, 6.45) is 1.97. The summed E-state index contributed by atoms with van der Waals surface area (Å²) in [6, 6.07) is 5.88. The molecule has 6 heteroatoms. The van der Waals surface area contributed by atoms with E-state index in [0.29, 0.717) is 17.5 Å². The Bertz CT molecular complexity index is 557. The normalized spacial score (nSPS) is 13.6. The summed E-state index contributed by atoms with van der Waals surface area (Å²) < 4.78 is 27.7. The summed E-state index contributed by atoms with van der Waals surface area (Å²) in [5.41, 5.74) is 1.75. The van der Waals surface area contributed by atoms with E-state index in [1.54, 1.807) is 17.8 Å². The van der Waals surface area contributed by atoms with Crippen LogP contribution in [0.2, 0.25) is 0 Å². The van der Waals surface area contributed by atoms with E-state index in [4.69, 9.17) is 0 Å². The second-order valence-electron chi connectivity index (χ2n) is 5.61. The Morgan fingerprint density at radius 1 is 1.24 bits per heavy atom. The van der Waals surface area contributed by atoms with Gasteiger partial charge in [0.15, 0.2) is 0 Å². The van der Waals surface area contributed by atoms with Crippen molar-refractivity contribution in [2.75, 3.05) is 12.0 Å². The molecule has 1 aromatic carbocycles. The highest BCUT2D eigenvalue weighted by Gasteiger charge is 2.19. The Balaban J connectivity index is 2.96. The number of sulfonamides is 1. The fourth-order valence-corrected chi connectivity index (χ4v) is 4.21. The molecule has 4 nitrogen and oxygen atoms in total. The van der Waals surface area contributed by atoms with E-state index in [1.165, 1.54) is 0 Å². The van der Waals surface area contributed by atoms with E-state index in [9.17, 15) is 8.42 Å². The van der Waals surface area contributed by atoms with Crippen molar-refractivity contribution in [3.05, 3.63) is 29.3 Å². The molecule has 0 saturated carbocycles. The standard InChI is InChI=1S/C15H26N2O2S2/c1-11(2)16-9-14-7-6-12(3)15(8-14)21(18,19)17-13(4)10-20-5/h6-8,11,13,16-17H,9-10H2,1-5H3. The third-order valence-corrected chi connectivity index (χ3v) is 5.59. The average molecular weight is 331 g/mol. The predicted molar refractivity (Wildman–Crippen MR) is 91.3 cm³/mol. The number of thioether (sulfide) groups is 1. The van der Waals surface area contributed by atoms with Crippen molar-refractivity contribution in [2.24, 2.45) is 0 Å². The summed E-state index contributed by atoms with van der Waals surface area (Å²) in [4.78, 5) is 0.374. The van der Waals surface area contributed by atoms with Crippen molar-refractivity contribution in [1.29, 1.82) is 0 Å². The van der Waals surface area contributed by atoms with Gasteiger partial charge in [-0.05, 0) is 37.3 Å².